The minimum atomic E-state index is -1.55. The molecule has 1 saturated heterocycles. The molecule has 1 unspecified atom stereocenters. The number of piperidine rings is 1. The van der Waals surface area contributed by atoms with Gasteiger partial charge in [0.1, 0.15) is 30.0 Å². The smallest absolute Gasteiger partial charge is 0.410 e. The number of unbranched alkanes of at least 4 members (excludes halogenated alkanes) is 1. The van der Waals surface area contributed by atoms with E-state index in [0.29, 0.717) is 19.3 Å². The number of benzene rings is 4. The van der Waals surface area contributed by atoms with Crippen LogP contribution in [0.2, 0.25) is 0 Å². The summed E-state index contributed by atoms with van der Waals surface area (Å²) in [5.74, 6) is -4.25. The van der Waals surface area contributed by atoms with Crippen molar-refractivity contribution in [1.82, 2.24) is 25.8 Å². The van der Waals surface area contributed by atoms with E-state index in [-0.39, 0.29) is 120 Å². The van der Waals surface area contributed by atoms with Crippen molar-refractivity contribution in [2.45, 2.75) is 168 Å². The van der Waals surface area contributed by atoms with Gasteiger partial charge in [0, 0.05) is 56.8 Å². The minimum Gasteiger partial charge on any atom is -0.459 e. The van der Waals surface area contributed by atoms with Crippen molar-refractivity contribution in [2.75, 3.05) is 32.7 Å². The highest BCUT2D eigenvalue weighted by molar-refractivity contribution is 5.95. The van der Waals surface area contributed by atoms with Crippen LogP contribution in [0, 0.1) is 17.8 Å². The number of hydrogen-bond donors (Lipinski definition) is 3. The van der Waals surface area contributed by atoms with Crippen molar-refractivity contribution in [1.29, 1.82) is 0 Å². The third-order valence-corrected chi connectivity index (χ3v) is 14.3. The summed E-state index contributed by atoms with van der Waals surface area (Å²) in [6.45, 7) is 16.6. The minimum absolute atomic E-state index is 0.0113. The number of rotatable bonds is 29. The van der Waals surface area contributed by atoms with Gasteiger partial charge in [0.25, 0.3) is 0 Å². The number of ketones is 2. The zero-order chi connectivity index (χ0) is 60.6. The molecular weight excluding hydrogens is 1050 g/mol. The number of alkyl carbamates (subject to hydrolysis) is 2. The van der Waals surface area contributed by atoms with Gasteiger partial charge >= 0.3 is 24.2 Å². The van der Waals surface area contributed by atoms with Gasteiger partial charge in [-0.3, -0.25) is 19.2 Å². The Morgan fingerprint density at radius 1 is 0.651 bits per heavy atom. The third kappa shape index (κ3) is 23.3. The van der Waals surface area contributed by atoms with Crippen molar-refractivity contribution in [3.05, 3.63) is 144 Å². The first-order chi connectivity index (χ1) is 39.4. The summed E-state index contributed by atoms with van der Waals surface area (Å²) in [4.78, 5) is 116. The normalized spacial score (nSPS) is 14.7. The maximum atomic E-state index is 14.9. The van der Waals surface area contributed by atoms with Crippen LogP contribution < -0.4 is 16.0 Å². The molecule has 5 rings (SSSR count). The zero-order valence-corrected chi connectivity index (χ0v) is 50.2. The molecule has 83 heavy (non-hydrogen) atoms. The molecular formula is C66H89N5O12. The van der Waals surface area contributed by atoms with Gasteiger partial charge in [-0.2, -0.15) is 0 Å². The van der Waals surface area contributed by atoms with Crippen LogP contribution in [-0.2, 0) is 62.6 Å². The summed E-state index contributed by atoms with van der Waals surface area (Å²) < 4.78 is 22.6. The van der Waals surface area contributed by atoms with E-state index in [2.05, 4.69) is 16.0 Å². The highest BCUT2D eigenvalue weighted by atomic mass is 16.6. The average molecular weight is 1140 g/mol. The summed E-state index contributed by atoms with van der Waals surface area (Å²) in [5.41, 5.74) is 0.230. The van der Waals surface area contributed by atoms with Crippen LogP contribution in [0.15, 0.2) is 121 Å². The molecule has 0 aliphatic carbocycles. The number of likely N-dealkylation sites (tertiary alicyclic amines) is 1. The Hall–Kier alpha value is -7.56. The largest absolute Gasteiger partial charge is 0.459 e. The van der Waals surface area contributed by atoms with Crippen molar-refractivity contribution in [3.63, 3.8) is 0 Å². The maximum Gasteiger partial charge on any atom is 0.410 e. The number of esters is 1. The Labute approximate surface area is 491 Å². The lowest BCUT2D eigenvalue weighted by Gasteiger charge is -2.41. The fourth-order valence-electron chi connectivity index (χ4n) is 10.0. The second kappa shape index (κ2) is 32.3. The van der Waals surface area contributed by atoms with E-state index in [1.165, 1.54) is 4.90 Å². The highest BCUT2D eigenvalue weighted by Gasteiger charge is 2.46. The van der Waals surface area contributed by atoms with Crippen molar-refractivity contribution < 1.29 is 57.3 Å². The zero-order valence-electron chi connectivity index (χ0n) is 50.2. The van der Waals surface area contributed by atoms with Crippen molar-refractivity contribution in [3.8, 4) is 0 Å². The topological polar surface area (TPSA) is 216 Å². The van der Waals surface area contributed by atoms with E-state index >= 15 is 0 Å². The molecule has 0 aromatic heterocycles. The molecule has 17 heteroatoms. The number of Topliss-reactive ketones (excluding diaryl/α,β-unsaturated/α-hetero) is 2. The molecule has 1 aliphatic rings. The van der Waals surface area contributed by atoms with Gasteiger partial charge in [-0.15, -0.1) is 0 Å². The Kier molecular flexibility index (Phi) is 25.8. The fourth-order valence-corrected chi connectivity index (χ4v) is 10.0. The van der Waals surface area contributed by atoms with Gasteiger partial charge in [0.2, 0.25) is 11.8 Å². The van der Waals surface area contributed by atoms with Gasteiger partial charge in [0.05, 0.1) is 12.6 Å². The summed E-state index contributed by atoms with van der Waals surface area (Å²) >= 11 is 0. The van der Waals surface area contributed by atoms with Gasteiger partial charge in [0.15, 0.2) is 11.6 Å². The van der Waals surface area contributed by atoms with Gasteiger partial charge < -0.3 is 44.7 Å². The number of ether oxygens (including phenoxy) is 4. The molecule has 0 spiro atoms. The first kappa shape index (κ1) is 66.2. The highest BCUT2D eigenvalue weighted by Crippen LogP contribution is 2.30. The number of nitrogens with one attached hydrogen (secondary N) is 3. The standard InChI is InChI=1S/C66H89N5O12/c1-10-51(52-31-21-14-22-32-52)43-71(63(79)83-65(7,8)9)44-55(72)41-54(40-48-25-15-11-16-26-48)58(74)68-56(39-47(2)3)57(73)42-53(33-23-24-36-67-61(77)82-64(4,5)6)59(75)70-37-34-66(35-38-70,60(76)80-45-49-27-17-12-18-28-49)69-62(78)81-46-50-29-19-13-20-30-50/h11-22,25-32,47,51,53-54,56H,10,23-24,33-46H2,1-9H3,(H,67,77)(H,68,74)(H,69,78)/t51?,53-,54-,56+/m0/s1. The molecule has 17 nitrogen and oxygen atoms in total. The van der Waals surface area contributed by atoms with Gasteiger partial charge in [-0.25, -0.2) is 19.2 Å². The van der Waals surface area contributed by atoms with E-state index in [1.807, 2.05) is 142 Å². The number of carbonyl (C=O) groups is 8. The van der Waals surface area contributed by atoms with Gasteiger partial charge in [-0.1, -0.05) is 149 Å². The molecule has 0 saturated carbocycles. The summed E-state index contributed by atoms with van der Waals surface area (Å²) in [7, 11) is 0. The maximum absolute atomic E-state index is 14.9. The van der Waals surface area contributed by atoms with Crippen LogP contribution >= 0.6 is 0 Å². The first-order valence-electron chi connectivity index (χ1n) is 29.3. The monoisotopic (exact) mass is 1140 g/mol. The Balaban J connectivity index is 1.37. The van der Waals surface area contributed by atoms with Crippen LogP contribution in [0.25, 0.3) is 0 Å². The molecule has 4 aromatic carbocycles. The lowest BCUT2D eigenvalue weighted by atomic mass is 9.85. The van der Waals surface area contributed by atoms with Gasteiger partial charge in [-0.05, 0) is 115 Å². The molecule has 3 N–H and O–H groups in total. The number of carbonyl (C=O) groups excluding carboxylic acids is 8. The summed E-state index contributed by atoms with van der Waals surface area (Å²) in [5, 5.41) is 8.58. The van der Waals surface area contributed by atoms with E-state index < -0.39 is 64.8 Å². The molecule has 4 aromatic rings. The van der Waals surface area contributed by atoms with E-state index in [0.717, 1.165) is 22.3 Å². The van der Waals surface area contributed by atoms with E-state index in [4.69, 9.17) is 18.9 Å². The van der Waals surface area contributed by atoms with Crippen LogP contribution in [0.1, 0.15) is 148 Å². The number of amides is 5. The Morgan fingerprint density at radius 3 is 1.73 bits per heavy atom. The quantitative estimate of drug-likeness (QED) is 0.0263. The molecule has 0 radical (unpaired) electrons. The molecule has 450 valence electrons. The Bertz CT molecular complexity index is 2700. The summed E-state index contributed by atoms with van der Waals surface area (Å²) in [6, 6.07) is 36.3. The van der Waals surface area contributed by atoms with E-state index in [9.17, 15) is 38.4 Å². The second-order valence-electron chi connectivity index (χ2n) is 24.1. The lowest BCUT2D eigenvalue weighted by molar-refractivity contribution is -0.157. The van der Waals surface area contributed by atoms with Crippen LogP contribution in [-0.4, -0.2) is 113 Å². The predicted octanol–water partition coefficient (Wildman–Crippen LogP) is 11.1. The lowest BCUT2D eigenvalue weighted by Crippen LogP contribution is -2.61. The van der Waals surface area contributed by atoms with E-state index in [1.54, 1.807) is 46.4 Å². The van der Waals surface area contributed by atoms with Crippen molar-refractivity contribution >= 4 is 47.6 Å². The average Bonchev–Trinajstić information content (AvgIpc) is 3.56. The summed E-state index contributed by atoms with van der Waals surface area (Å²) in [6.07, 6.45) is -0.306. The molecule has 1 fully saturated rings. The molecule has 5 amide bonds. The molecule has 0 bridgehead atoms. The van der Waals surface area contributed by atoms with Crippen LogP contribution in [0.3, 0.4) is 0 Å². The molecule has 1 aliphatic heterocycles. The number of hydrogen-bond acceptors (Lipinski definition) is 12. The Morgan fingerprint density at radius 2 is 1.19 bits per heavy atom. The molecule has 1 heterocycles. The van der Waals surface area contributed by atoms with Crippen LogP contribution in [0.4, 0.5) is 14.4 Å². The molecule has 4 atom stereocenters. The number of nitrogens with zero attached hydrogens (tertiary/aromatic N) is 2. The van der Waals surface area contributed by atoms with Crippen LogP contribution in [0.5, 0.6) is 0 Å². The predicted molar refractivity (Wildman–Crippen MR) is 318 cm³/mol. The first-order valence-corrected chi connectivity index (χ1v) is 29.3. The second-order valence-corrected chi connectivity index (χ2v) is 24.1. The third-order valence-electron chi connectivity index (χ3n) is 14.3. The fraction of sp³-hybridized carbons (Fsp3) is 0.515. The SMILES string of the molecule is CCC(CN(CC(=O)C[C@H](Cc1ccccc1)C(=O)N[C@H](CC(C)C)C(=O)C[C@H](CCCCNC(=O)OC(C)(C)C)C(=O)N1CCC(NC(=O)OCc2ccccc2)(C(=O)OCc2ccccc2)CC1)C(=O)OC(C)(C)C)c1ccccc1. The van der Waals surface area contributed by atoms with Crippen molar-refractivity contribution in [2.24, 2.45) is 17.8 Å².